The summed E-state index contributed by atoms with van der Waals surface area (Å²) in [5, 5.41) is 0. The number of hydrogen-bond donors (Lipinski definition) is 0. The zero-order valence-corrected chi connectivity index (χ0v) is 19.2. The highest BCUT2D eigenvalue weighted by Crippen LogP contribution is 2.14. The summed E-state index contributed by atoms with van der Waals surface area (Å²) in [5.41, 5.74) is 2.32. The molecule has 30 heavy (non-hydrogen) atoms. The molecule has 0 fully saturated rings. The van der Waals surface area contributed by atoms with Gasteiger partial charge in [-0.05, 0) is 51.8 Å². The first kappa shape index (κ1) is 23.7. The normalized spacial score (nSPS) is 11.2. The van der Waals surface area contributed by atoms with Gasteiger partial charge in [-0.2, -0.15) is 0 Å². The van der Waals surface area contributed by atoms with Gasteiger partial charge in [0.25, 0.3) is 0 Å². The molecule has 5 heteroatoms. The first-order valence-electron chi connectivity index (χ1n) is 11.1. The SMILES string of the molecule is CCCCC(=O)N(CC(=O)N(Cc1cccn1Cc1ccccc1)C(C)C)C(C)C. The van der Waals surface area contributed by atoms with Crippen molar-refractivity contribution in [3.8, 4) is 0 Å². The van der Waals surface area contributed by atoms with Gasteiger partial charge >= 0.3 is 0 Å². The molecular formula is C25H37N3O2. The minimum absolute atomic E-state index is 0.00369. The van der Waals surface area contributed by atoms with Crippen molar-refractivity contribution in [3.05, 3.63) is 59.9 Å². The Hall–Kier alpha value is -2.56. The number of hydrogen-bond acceptors (Lipinski definition) is 2. The Morgan fingerprint density at radius 1 is 0.900 bits per heavy atom. The molecule has 0 N–H and O–H groups in total. The van der Waals surface area contributed by atoms with E-state index >= 15 is 0 Å². The van der Waals surface area contributed by atoms with Crippen molar-refractivity contribution in [1.82, 2.24) is 14.4 Å². The molecule has 2 rings (SSSR count). The molecule has 164 valence electrons. The lowest BCUT2D eigenvalue weighted by molar-refractivity contribution is -0.143. The van der Waals surface area contributed by atoms with E-state index in [4.69, 9.17) is 0 Å². The average molecular weight is 412 g/mol. The maximum atomic E-state index is 13.2. The van der Waals surface area contributed by atoms with Crippen LogP contribution in [-0.4, -0.2) is 44.8 Å². The van der Waals surface area contributed by atoms with Crippen LogP contribution in [0.3, 0.4) is 0 Å². The van der Waals surface area contributed by atoms with Crippen molar-refractivity contribution < 1.29 is 9.59 Å². The van der Waals surface area contributed by atoms with Gasteiger partial charge in [0.2, 0.25) is 11.8 Å². The quantitative estimate of drug-likeness (QED) is 0.538. The molecule has 0 bridgehead atoms. The van der Waals surface area contributed by atoms with Crippen molar-refractivity contribution >= 4 is 11.8 Å². The molecule has 0 saturated heterocycles. The molecule has 1 aromatic heterocycles. The van der Waals surface area contributed by atoms with Crippen LogP contribution in [0.15, 0.2) is 48.7 Å². The van der Waals surface area contributed by atoms with E-state index in [-0.39, 0.29) is 30.4 Å². The molecule has 2 aromatic rings. The van der Waals surface area contributed by atoms with Crippen LogP contribution in [0, 0.1) is 0 Å². The lowest BCUT2D eigenvalue weighted by Crippen LogP contribution is -2.47. The summed E-state index contributed by atoms with van der Waals surface area (Å²) in [6, 6.07) is 14.5. The smallest absolute Gasteiger partial charge is 0.242 e. The number of amides is 2. The van der Waals surface area contributed by atoms with Crippen molar-refractivity contribution in [2.24, 2.45) is 0 Å². The van der Waals surface area contributed by atoms with Gasteiger partial charge in [-0.15, -0.1) is 0 Å². The van der Waals surface area contributed by atoms with E-state index in [2.05, 4.69) is 35.9 Å². The Kier molecular flexibility index (Phi) is 9.15. The van der Waals surface area contributed by atoms with Gasteiger partial charge in [0, 0.05) is 36.9 Å². The highest BCUT2D eigenvalue weighted by Gasteiger charge is 2.25. The van der Waals surface area contributed by atoms with Crippen LogP contribution < -0.4 is 0 Å². The number of benzene rings is 1. The van der Waals surface area contributed by atoms with E-state index < -0.39 is 0 Å². The molecule has 0 unspecified atom stereocenters. The minimum atomic E-state index is -0.00369. The number of carbonyl (C=O) groups excluding carboxylic acids is 2. The van der Waals surface area contributed by atoms with Crippen LogP contribution in [0.25, 0.3) is 0 Å². The summed E-state index contributed by atoms with van der Waals surface area (Å²) < 4.78 is 2.19. The molecule has 2 amide bonds. The second-order valence-electron chi connectivity index (χ2n) is 8.45. The Bertz CT molecular complexity index is 796. The molecule has 0 spiro atoms. The summed E-state index contributed by atoms with van der Waals surface area (Å²) in [7, 11) is 0. The lowest BCUT2D eigenvalue weighted by atomic mass is 10.2. The van der Waals surface area contributed by atoms with Gasteiger partial charge in [0.05, 0.1) is 13.1 Å². The third kappa shape index (κ3) is 6.75. The van der Waals surface area contributed by atoms with Crippen LogP contribution in [0.1, 0.15) is 65.1 Å². The Labute approximate surface area is 181 Å². The third-order valence-corrected chi connectivity index (χ3v) is 5.39. The van der Waals surface area contributed by atoms with Crippen LogP contribution in [0.2, 0.25) is 0 Å². The predicted octanol–water partition coefficient (Wildman–Crippen LogP) is 4.70. The summed E-state index contributed by atoms with van der Waals surface area (Å²) >= 11 is 0. The maximum absolute atomic E-state index is 13.2. The number of unbranched alkanes of at least 4 members (excludes halogenated alkanes) is 1. The van der Waals surface area contributed by atoms with Crippen LogP contribution in [0.4, 0.5) is 0 Å². The van der Waals surface area contributed by atoms with Crippen LogP contribution in [-0.2, 0) is 22.7 Å². The third-order valence-electron chi connectivity index (χ3n) is 5.39. The van der Waals surface area contributed by atoms with E-state index in [0.717, 1.165) is 25.1 Å². The number of rotatable bonds is 11. The first-order chi connectivity index (χ1) is 14.3. The van der Waals surface area contributed by atoms with E-state index in [9.17, 15) is 9.59 Å². The molecule has 0 aliphatic heterocycles. The fourth-order valence-electron chi connectivity index (χ4n) is 3.53. The summed E-state index contributed by atoms with van der Waals surface area (Å²) in [4.78, 5) is 29.4. The van der Waals surface area contributed by atoms with Crippen LogP contribution in [0.5, 0.6) is 0 Å². The fraction of sp³-hybridized carbons (Fsp3) is 0.520. The van der Waals surface area contributed by atoms with Crippen molar-refractivity contribution in [3.63, 3.8) is 0 Å². The Morgan fingerprint density at radius 3 is 2.17 bits per heavy atom. The highest BCUT2D eigenvalue weighted by atomic mass is 16.2. The molecule has 0 aliphatic carbocycles. The standard InChI is InChI=1S/C25H37N3O2/c1-6-7-15-24(29)28(21(4)5)19-25(30)27(20(2)3)18-23-14-11-16-26(23)17-22-12-9-8-10-13-22/h8-14,16,20-21H,6-7,15,17-19H2,1-5H3. The number of carbonyl (C=O) groups is 2. The highest BCUT2D eigenvalue weighted by molar-refractivity contribution is 5.85. The second kappa shape index (κ2) is 11.6. The van der Waals surface area contributed by atoms with Gasteiger partial charge in [0.15, 0.2) is 0 Å². The van der Waals surface area contributed by atoms with Gasteiger partial charge < -0.3 is 14.4 Å². The van der Waals surface area contributed by atoms with E-state index in [0.29, 0.717) is 13.0 Å². The van der Waals surface area contributed by atoms with Crippen molar-refractivity contribution in [2.75, 3.05) is 6.54 Å². The first-order valence-corrected chi connectivity index (χ1v) is 11.1. The summed E-state index contributed by atoms with van der Waals surface area (Å²) in [6.45, 7) is 11.5. The van der Waals surface area contributed by atoms with E-state index in [1.807, 2.05) is 56.9 Å². The molecule has 0 aliphatic rings. The van der Waals surface area contributed by atoms with Crippen molar-refractivity contribution in [2.45, 2.75) is 79.1 Å². The number of aromatic nitrogens is 1. The zero-order valence-electron chi connectivity index (χ0n) is 19.2. The number of nitrogens with zero attached hydrogens (tertiary/aromatic N) is 3. The Morgan fingerprint density at radius 2 is 1.57 bits per heavy atom. The van der Waals surface area contributed by atoms with Crippen LogP contribution >= 0.6 is 0 Å². The lowest BCUT2D eigenvalue weighted by Gasteiger charge is -2.32. The summed E-state index contributed by atoms with van der Waals surface area (Å²) in [6.07, 6.45) is 4.39. The largest absolute Gasteiger partial charge is 0.345 e. The molecule has 0 saturated carbocycles. The van der Waals surface area contributed by atoms with Gasteiger partial charge in [-0.25, -0.2) is 0 Å². The van der Waals surface area contributed by atoms with E-state index in [1.165, 1.54) is 5.56 Å². The monoisotopic (exact) mass is 411 g/mol. The zero-order chi connectivity index (χ0) is 22.1. The van der Waals surface area contributed by atoms with Gasteiger partial charge in [-0.3, -0.25) is 9.59 Å². The van der Waals surface area contributed by atoms with Gasteiger partial charge in [-0.1, -0.05) is 43.7 Å². The van der Waals surface area contributed by atoms with Gasteiger partial charge in [0.1, 0.15) is 0 Å². The molecular weight excluding hydrogens is 374 g/mol. The topological polar surface area (TPSA) is 45.6 Å². The molecule has 1 aromatic carbocycles. The predicted molar refractivity (Wildman–Crippen MR) is 122 cm³/mol. The summed E-state index contributed by atoms with van der Waals surface area (Å²) in [5.74, 6) is 0.0624. The van der Waals surface area contributed by atoms with Crippen molar-refractivity contribution in [1.29, 1.82) is 0 Å². The van der Waals surface area contributed by atoms with E-state index in [1.54, 1.807) is 4.90 Å². The molecule has 5 nitrogen and oxygen atoms in total. The second-order valence-corrected chi connectivity index (χ2v) is 8.45. The minimum Gasteiger partial charge on any atom is -0.345 e. The molecule has 1 heterocycles. The maximum Gasteiger partial charge on any atom is 0.242 e. The average Bonchev–Trinajstić information content (AvgIpc) is 3.15. The molecule has 0 radical (unpaired) electrons. The fourth-order valence-corrected chi connectivity index (χ4v) is 3.53. The Balaban J connectivity index is 2.11. The molecule has 0 atom stereocenters.